The van der Waals surface area contributed by atoms with Crippen LogP contribution in [-0.2, 0) is 11.2 Å². The maximum Gasteiger partial charge on any atom is 0.257 e. The maximum atomic E-state index is 12.8. The number of benzene rings is 2. The maximum absolute atomic E-state index is 12.8. The Morgan fingerprint density at radius 1 is 1.06 bits per heavy atom. The van der Waals surface area contributed by atoms with Gasteiger partial charge in [-0.2, -0.15) is 0 Å². The predicted molar refractivity (Wildman–Crippen MR) is 134 cm³/mol. The number of ether oxygens (including phenoxy) is 2. The second kappa shape index (κ2) is 10.8. The molecule has 1 fully saturated rings. The second-order valence-electron chi connectivity index (χ2n) is 7.66. The SMILES string of the molecule is COc1ccc(C(=O)Nc2nc(CC(=O)N3CCN(c4ccccc4Cl)CC3)cs2)cc1OC. The number of piperazine rings is 1. The first kappa shape index (κ1) is 23.8. The van der Waals surface area contributed by atoms with Crippen molar-refractivity contribution in [2.75, 3.05) is 50.6 Å². The average molecular weight is 501 g/mol. The van der Waals surface area contributed by atoms with Gasteiger partial charge in [0.05, 0.1) is 37.0 Å². The summed E-state index contributed by atoms with van der Waals surface area (Å²) in [5, 5.41) is 5.72. The summed E-state index contributed by atoms with van der Waals surface area (Å²) in [6.45, 7) is 2.69. The Bertz CT molecular complexity index is 1180. The van der Waals surface area contributed by atoms with Crippen molar-refractivity contribution in [3.8, 4) is 11.5 Å². The van der Waals surface area contributed by atoms with E-state index < -0.39 is 0 Å². The number of rotatable bonds is 7. The number of carbonyl (C=O) groups excluding carboxylic acids is 2. The number of aromatic nitrogens is 1. The van der Waals surface area contributed by atoms with Crippen LogP contribution in [0.25, 0.3) is 0 Å². The molecule has 178 valence electrons. The van der Waals surface area contributed by atoms with Crippen molar-refractivity contribution in [3.05, 3.63) is 64.1 Å². The first-order valence-corrected chi connectivity index (χ1v) is 12.0. The topological polar surface area (TPSA) is 84.0 Å². The van der Waals surface area contributed by atoms with Crippen molar-refractivity contribution in [1.82, 2.24) is 9.88 Å². The second-order valence-corrected chi connectivity index (χ2v) is 8.93. The minimum atomic E-state index is -0.316. The third-order valence-corrected chi connectivity index (χ3v) is 6.70. The van der Waals surface area contributed by atoms with Crippen LogP contribution in [0.2, 0.25) is 5.02 Å². The molecule has 0 spiro atoms. The van der Waals surface area contributed by atoms with Crippen LogP contribution in [0.15, 0.2) is 47.8 Å². The molecule has 1 aliphatic rings. The molecule has 1 aromatic heterocycles. The molecular formula is C24H25ClN4O4S. The van der Waals surface area contributed by atoms with Gasteiger partial charge in [-0.1, -0.05) is 23.7 Å². The van der Waals surface area contributed by atoms with E-state index in [1.165, 1.54) is 25.6 Å². The standard InChI is InChI=1S/C24H25ClN4O4S/c1-32-20-8-7-16(13-21(20)33-2)23(31)27-24-26-17(15-34-24)14-22(30)29-11-9-28(10-12-29)19-6-4-3-5-18(19)25/h3-8,13,15H,9-12,14H2,1-2H3,(H,26,27,31). The lowest BCUT2D eigenvalue weighted by molar-refractivity contribution is -0.130. The fourth-order valence-electron chi connectivity index (χ4n) is 3.76. The predicted octanol–water partition coefficient (Wildman–Crippen LogP) is 3.96. The Labute approximate surface area is 207 Å². The summed E-state index contributed by atoms with van der Waals surface area (Å²) in [7, 11) is 3.05. The van der Waals surface area contributed by atoms with Crippen LogP contribution < -0.4 is 19.7 Å². The van der Waals surface area contributed by atoms with Gasteiger partial charge in [0.2, 0.25) is 5.91 Å². The molecule has 0 atom stereocenters. The third kappa shape index (κ3) is 5.43. The molecule has 4 rings (SSSR count). The zero-order valence-corrected chi connectivity index (χ0v) is 20.5. The van der Waals surface area contributed by atoms with Crippen LogP contribution in [0.5, 0.6) is 11.5 Å². The Balaban J connectivity index is 1.31. The Morgan fingerprint density at radius 2 is 1.79 bits per heavy atom. The van der Waals surface area contributed by atoms with Gasteiger partial charge >= 0.3 is 0 Å². The van der Waals surface area contributed by atoms with Gasteiger partial charge in [-0.25, -0.2) is 4.98 Å². The summed E-state index contributed by atoms with van der Waals surface area (Å²) in [6.07, 6.45) is 0.189. The Morgan fingerprint density at radius 3 is 2.50 bits per heavy atom. The lowest BCUT2D eigenvalue weighted by Gasteiger charge is -2.36. The number of para-hydroxylation sites is 1. The molecule has 0 radical (unpaired) electrons. The minimum absolute atomic E-state index is 0.0156. The fraction of sp³-hybridized carbons (Fsp3) is 0.292. The average Bonchev–Trinajstić information content (AvgIpc) is 3.30. The number of anilines is 2. The smallest absolute Gasteiger partial charge is 0.257 e. The molecule has 0 bridgehead atoms. The van der Waals surface area contributed by atoms with Gasteiger partial charge in [-0.05, 0) is 30.3 Å². The summed E-state index contributed by atoms with van der Waals surface area (Å²) in [5.74, 6) is 0.711. The van der Waals surface area contributed by atoms with E-state index >= 15 is 0 Å². The van der Waals surface area contributed by atoms with E-state index in [2.05, 4.69) is 15.2 Å². The van der Waals surface area contributed by atoms with Gasteiger partial charge in [0.1, 0.15) is 0 Å². The molecule has 0 saturated carbocycles. The van der Waals surface area contributed by atoms with Crippen molar-refractivity contribution < 1.29 is 19.1 Å². The Hall–Kier alpha value is -3.30. The summed E-state index contributed by atoms with van der Waals surface area (Å²) in [5.41, 5.74) is 2.04. The highest BCUT2D eigenvalue weighted by Crippen LogP contribution is 2.28. The van der Waals surface area contributed by atoms with E-state index in [-0.39, 0.29) is 18.2 Å². The Kier molecular flexibility index (Phi) is 7.54. The minimum Gasteiger partial charge on any atom is -0.493 e. The van der Waals surface area contributed by atoms with Crippen LogP contribution in [0.3, 0.4) is 0 Å². The number of thiazole rings is 1. The lowest BCUT2D eigenvalue weighted by Crippen LogP contribution is -2.49. The molecule has 1 aliphatic heterocycles. The largest absolute Gasteiger partial charge is 0.493 e. The molecule has 1 saturated heterocycles. The number of nitrogens with one attached hydrogen (secondary N) is 1. The number of methoxy groups -OCH3 is 2. The van der Waals surface area contributed by atoms with Crippen LogP contribution in [-0.4, -0.2) is 62.1 Å². The highest BCUT2D eigenvalue weighted by Gasteiger charge is 2.23. The van der Waals surface area contributed by atoms with Crippen molar-refractivity contribution >= 4 is 45.6 Å². The van der Waals surface area contributed by atoms with Crippen molar-refractivity contribution in [2.24, 2.45) is 0 Å². The third-order valence-electron chi connectivity index (χ3n) is 5.58. The molecular weight excluding hydrogens is 476 g/mol. The van der Waals surface area contributed by atoms with Crippen molar-refractivity contribution in [2.45, 2.75) is 6.42 Å². The number of nitrogens with zero attached hydrogens (tertiary/aromatic N) is 3. The molecule has 8 nitrogen and oxygen atoms in total. The van der Waals surface area contributed by atoms with E-state index in [1.54, 1.807) is 23.6 Å². The summed E-state index contributed by atoms with van der Waals surface area (Å²) < 4.78 is 10.5. The van der Waals surface area contributed by atoms with E-state index in [4.69, 9.17) is 21.1 Å². The van der Waals surface area contributed by atoms with Crippen molar-refractivity contribution in [3.63, 3.8) is 0 Å². The zero-order chi connectivity index (χ0) is 24.1. The highest BCUT2D eigenvalue weighted by atomic mass is 35.5. The van der Waals surface area contributed by atoms with Gasteiger partial charge in [0.25, 0.3) is 5.91 Å². The molecule has 34 heavy (non-hydrogen) atoms. The number of amides is 2. The fourth-order valence-corrected chi connectivity index (χ4v) is 4.72. The molecule has 0 unspecified atom stereocenters. The van der Waals surface area contributed by atoms with Gasteiger partial charge in [-0.15, -0.1) is 11.3 Å². The lowest BCUT2D eigenvalue weighted by atomic mass is 10.2. The first-order valence-electron chi connectivity index (χ1n) is 10.7. The van der Waals surface area contributed by atoms with Crippen LogP contribution in [0.1, 0.15) is 16.1 Å². The number of hydrogen-bond acceptors (Lipinski definition) is 7. The van der Waals surface area contributed by atoms with Crippen molar-refractivity contribution in [1.29, 1.82) is 0 Å². The van der Waals surface area contributed by atoms with Gasteiger partial charge in [-0.3, -0.25) is 14.9 Å². The molecule has 10 heteroatoms. The number of halogens is 1. The zero-order valence-electron chi connectivity index (χ0n) is 18.9. The van der Waals surface area contributed by atoms with Crippen LogP contribution in [0.4, 0.5) is 10.8 Å². The van der Waals surface area contributed by atoms with E-state index in [0.717, 1.165) is 18.8 Å². The molecule has 0 aliphatic carbocycles. The van der Waals surface area contributed by atoms with Gasteiger partial charge in [0, 0.05) is 37.1 Å². The molecule has 1 N–H and O–H groups in total. The van der Waals surface area contributed by atoms with E-state index in [1.807, 2.05) is 29.2 Å². The quantitative estimate of drug-likeness (QED) is 0.528. The molecule has 2 heterocycles. The van der Waals surface area contributed by atoms with E-state index in [0.29, 0.717) is 46.0 Å². The monoisotopic (exact) mass is 500 g/mol. The van der Waals surface area contributed by atoms with Gasteiger partial charge < -0.3 is 19.3 Å². The normalized spacial score (nSPS) is 13.5. The highest BCUT2D eigenvalue weighted by molar-refractivity contribution is 7.14. The summed E-state index contributed by atoms with van der Waals surface area (Å²) in [6, 6.07) is 12.7. The number of carbonyl (C=O) groups is 2. The molecule has 3 aromatic rings. The van der Waals surface area contributed by atoms with Crippen LogP contribution in [0, 0.1) is 0 Å². The van der Waals surface area contributed by atoms with E-state index in [9.17, 15) is 9.59 Å². The summed E-state index contributed by atoms with van der Waals surface area (Å²) >= 11 is 7.58. The first-order chi connectivity index (χ1) is 16.5. The molecule has 2 aromatic carbocycles. The number of hydrogen-bond donors (Lipinski definition) is 1. The molecule has 2 amide bonds. The summed E-state index contributed by atoms with van der Waals surface area (Å²) in [4.78, 5) is 33.8. The van der Waals surface area contributed by atoms with Gasteiger partial charge in [0.15, 0.2) is 16.6 Å². The van der Waals surface area contributed by atoms with Crippen LogP contribution >= 0.6 is 22.9 Å².